The third kappa shape index (κ3) is 3.66. The molecule has 1 aromatic heterocycles. The van der Waals surface area contributed by atoms with Crippen molar-refractivity contribution in [1.29, 1.82) is 5.41 Å². The summed E-state index contributed by atoms with van der Waals surface area (Å²) < 4.78 is 0. The fourth-order valence-electron chi connectivity index (χ4n) is 0.785. The van der Waals surface area contributed by atoms with Crippen LogP contribution in [0.5, 0.6) is 0 Å². The van der Waals surface area contributed by atoms with Crippen LogP contribution in [0.1, 0.15) is 5.69 Å². The second-order valence-corrected chi connectivity index (χ2v) is 3.13. The minimum Gasteiger partial charge on any atom is -0.398 e. The summed E-state index contributed by atoms with van der Waals surface area (Å²) in [6.45, 7) is 0. The number of hydrogen-bond acceptors (Lipinski definition) is 4. The van der Waals surface area contributed by atoms with E-state index in [1.807, 2.05) is 23.6 Å². The van der Waals surface area contributed by atoms with Crippen LogP contribution in [0.25, 0.3) is 0 Å². The standard InChI is InChI=1S/C9H11N3S/c10-5-4-9-3-1-2-8(11)6-13-7-12-9/h1-3,5-7,10H,4,11H2. The molecule has 68 valence electrons. The highest BCUT2D eigenvalue weighted by Gasteiger charge is 1.84. The summed E-state index contributed by atoms with van der Waals surface area (Å²) in [5.41, 5.74) is 8.90. The Morgan fingerprint density at radius 1 is 1.54 bits per heavy atom. The summed E-state index contributed by atoms with van der Waals surface area (Å²) in [7, 11) is 0. The van der Waals surface area contributed by atoms with E-state index in [1.54, 1.807) is 5.51 Å². The van der Waals surface area contributed by atoms with Crippen molar-refractivity contribution in [2.24, 2.45) is 0 Å². The fourth-order valence-corrected chi connectivity index (χ4v) is 1.28. The molecule has 0 radical (unpaired) electrons. The third-order valence-corrected chi connectivity index (χ3v) is 2.01. The van der Waals surface area contributed by atoms with Gasteiger partial charge in [0.05, 0.1) is 5.51 Å². The molecule has 0 saturated heterocycles. The number of anilines is 1. The van der Waals surface area contributed by atoms with Gasteiger partial charge in [-0.2, -0.15) is 0 Å². The minimum atomic E-state index is 0.557. The van der Waals surface area contributed by atoms with Gasteiger partial charge < -0.3 is 11.1 Å². The van der Waals surface area contributed by atoms with E-state index < -0.39 is 0 Å². The fraction of sp³-hybridized carbons (Fsp3) is 0.111. The topological polar surface area (TPSA) is 62.8 Å². The maximum absolute atomic E-state index is 6.95. The van der Waals surface area contributed by atoms with E-state index in [1.165, 1.54) is 17.6 Å². The summed E-state index contributed by atoms with van der Waals surface area (Å²) in [6, 6.07) is 5.51. The van der Waals surface area contributed by atoms with Gasteiger partial charge in [-0.15, -0.1) is 11.3 Å². The van der Waals surface area contributed by atoms with Crippen LogP contribution < -0.4 is 5.73 Å². The zero-order valence-electron chi connectivity index (χ0n) is 7.10. The SMILES string of the molecule is N=CCc1cccc(N)cscn1. The molecule has 0 aliphatic heterocycles. The summed E-state index contributed by atoms with van der Waals surface area (Å²) in [6.07, 6.45) is 1.89. The first-order valence-electron chi connectivity index (χ1n) is 3.83. The van der Waals surface area contributed by atoms with Crippen LogP contribution in [0.15, 0.2) is 29.1 Å². The molecule has 0 atom stereocenters. The van der Waals surface area contributed by atoms with Crippen molar-refractivity contribution in [3.05, 3.63) is 34.8 Å². The lowest BCUT2D eigenvalue weighted by molar-refractivity contribution is 1.17. The molecule has 0 unspecified atom stereocenters. The summed E-state index contributed by atoms with van der Waals surface area (Å²) in [5.74, 6) is 0. The van der Waals surface area contributed by atoms with Gasteiger partial charge in [0.2, 0.25) is 0 Å². The highest BCUT2D eigenvalue weighted by Crippen LogP contribution is 2.00. The predicted octanol–water partition coefficient (Wildman–Crippen LogP) is 2.04. The molecule has 0 spiro atoms. The molecule has 0 fully saturated rings. The quantitative estimate of drug-likeness (QED) is 0.706. The molecule has 0 aromatic carbocycles. The molecule has 3 nitrogen and oxygen atoms in total. The number of nitrogen functional groups attached to an aromatic ring is 1. The number of rotatable bonds is 2. The van der Waals surface area contributed by atoms with Crippen molar-refractivity contribution in [3.63, 3.8) is 0 Å². The van der Waals surface area contributed by atoms with Gasteiger partial charge in [-0.05, 0) is 12.1 Å². The van der Waals surface area contributed by atoms with E-state index in [0.717, 1.165) is 5.69 Å². The van der Waals surface area contributed by atoms with Gasteiger partial charge in [-0.3, -0.25) is 4.98 Å². The Morgan fingerprint density at radius 2 is 2.38 bits per heavy atom. The van der Waals surface area contributed by atoms with Crippen molar-refractivity contribution < 1.29 is 0 Å². The largest absolute Gasteiger partial charge is 0.398 e. The molecule has 0 aliphatic rings. The minimum absolute atomic E-state index is 0.557. The van der Waals surface area contributed by atoms with Crippen LogP contribution in [0.3, 0.4) is 0 Å². The number of nitrogens with one attached hydrogen (secondary N) is 1. The highest BCUT2D eigenvalue weighted by atomic mass is 32.1. The van der Waals surface area contributed by atoms with Crippen LogP contribution in [-0.2, 0) is 6.42 Å². The van der Waals surface area contributed by atoms with Gasteiger partial charge in [-0.1, -0.05) is 6.07 Å². The van der Waals surface area contributed by atoms with Crippen LogP contribution in [0.2, 0.25) is 0 Å². The zero-order valence-corrected chi connectivity index (χ0v) is 7.92. The van der Waals surface area contributed by atoms with Crippen molar-refractivity contribution in [2.75, 3.05) is 5.73 Å². The normalized spacial score (nSPS) is 8.92. The molecule has 0 amide bonds. The number of aromatic nitrogens is 1. The van der Waals surface area contributed by atoms with Gasteiger partial charge >= 0.3 is 0 Å². The van der Waals surface area contributed by atoms with E-state index in [9.17, 15) is 0 Å². The second-order valence-electron chi connectivity index (χ2n) is 2.41. The molecular formula is C9H11N3S. The van der Waals surface area contributed by atoms with E-state index in [0.29, 0.717) is 12.1 Å². The molecule has 3 N–H and O–H groups in total. The number of hydrogen-bond donors (Lipinski definition) is 2. The monoisotopic (exact) mass is 193 g/mol. The van der Waals surface area contributed by atoms with Gasteiger partial charge in [0, 0.05) is 29.4 Å². The number of nitrogens with two attached hydrogens (primary N) is 1. The average Bonchev–Trinajstić information content (AvgIpc) is 2.20. The molecule has 13 heavy (non-hydrogen) atoms. The maximum Gasteiger partial charge on any atom is 0.0794 e. The van der Waals surface area contributed by atoms with Gasteiger partial charge in [0.15, 0.2) is 0 Å². The smallest absolute Gasteiger partial charge is 0.0794 e. The van der Waals surface area contributed by atoms with Gasteiger partial charge in [0.1, 0.15) is 0 Å². The first kappa shape index (κ1) is 9.67. The molecule has 1 rings (SSSR count). The van der Waals surface area contributed by atoms with Crippen molar-refractivity contribution >= 4 is 23.2 Å². The Balaban J connectivity index is 3.08. The Labute approximate surface area is 81.1 Å². The summed E-state index contributed by atoms with van der Waals surface area (Å²) in [4.78, 5) is 4.16. The molecule has 1 heterocycles. The Hall–Kier alpha value is -1.42. The molecular weight excluding hydrogens is 182 g/mol. The molecule has 1 aromatic rings. The van der Waals surface area contributed by atoms with E-state index in [4.69, 9.17) is 11.1 Å². The van der Waals surface area contributed by atoms with E-state index in [-0.39, 0.29) is 0 Å². The predicted molar refractivity (Wildman–Crippen MR) is 56.6 cm³/mol. The van der Waals surface area contributed by atoms with Crippen molar-refractivity contribution in [2.45, 2.75) is 6.42 Å². The zero-order chi connectivity index (χ0) is 9.52. The molecule has 0 aliphatic carbocycles. The van der Waals surface area contributed by atoms with Crippen molar-refractivity contribution in [3.8, 4) is 0 Å². The summed E-state index contributed by atoms with van der Waals surface area (Å²) >= 11 is 1.43. The van der Waals surface area contributed by atoms with Crippen LogP contribution in [0.4, 0.5) is 5.69 Å². The van der Waals surface area contributed by atoms with Gasteiger partial charge in [-0.25, -0.2) is 0 Å². The molecule has 0 saturated carbocycles. The lowest BCUT2D eigenvalue weighted by Gasteiger charge is -1.85. The number of nitrogens with zero attached hydrogens (tertiary/aromatic N) is 1. The highest BCUT2D eigenvalue weighted by molar-refractivity contribution is 7.07. The first-order chi connectivity index (χ1) is 6.33. The lowest BCUT2D eigenvalue weighted by atomic mass is 10.3. The lowest BCUT2D eigenvalue weighted by Crippen LogP contribution is -1.85. The van der Waals surface area contributed by atoms with Crippen LogP contribution in [0, 0.1) is 5.41 Å². The second kappa shape index (κ2) is 5.27. The van der Waals surface area contributed by atoms with E-state index >= 15 is 0 Å². The summed E-state index contributed by atoms with van der Waals surface area (Å²) in [5, 5.41) is 8.77. The Morgan fingerprint density at radius 3 is 3.15 bits per heavy atom. The van der Waals surface area contributed by atoms with Crippen LogP contribution >= 0.6 is 11.3 Å². The first-order valence-corrected chi connectivity index (χ1v) is 4.77. The molecule has 4 heteroatoms. The Bertz CT molecular complexity index is 331. The Kier molecular flexibility index (Phi) is 3.92. The molecule has 0 bridgehead atoms. The van der Waals surface area contributed by atoms with Crippen LogP contribution in [-0.4, -0.2) is 11.2 Å². The van der Waals surface area contributed by atoms with E-state index in [2.05, 4.69) is 4.98 Å². The third-order valence-electron chi connectivity index (χ3n) is 1.37. The van der Waals surface area contributed by atoms with Gasteiger partial charge in [0.25, 0.3) is 0 Å². The average molecular weight is 193 g/mol. The van der Waals surface area contributed by atoms with Crippen molar-refractivity contribution in [1.82, 2.24) is 4.98 Å². The maximum atomic E-state index is 6.95.